The maximum absolute atomic E-state index is 5.88. The fourth-order valence-corrected chi connectivity index (χ4v) is 1.74. The highest BCUT2D eigenvalue weighted by atomic mass is 35.5. The molecule has 1 aromatic heterocycles. The summed E-state index contributed by atoms with van der Waals surface area (Å²) in [6, 6.07) is 6.34. The molecule has 1 atom stereocenters. The number of aromatic nitrogens is 2. The molecular weight excluding hydrogens is 236 g/mol. The van der Waals surface area contributed by atoms with Gasteiger partial charge in [-0.2, -0.15) is 0 Å². The molecule has 0 aliphatic heterocycles. The Balaban J connectivity index is 2.22. The van der Waals surface area contributed by atoms with Crippen molar-refractivity contribution >= 4 is 11.6 Å². The zero-order valence-electron chi connectivity index (χ0n) is 10.2. The Morgan fingerprint density at radius 2 is 2.06 bits per heavy atom. The largest absolute Gasteiger partial charge is 0.423 e. The first kappa shape index (κ1) is 12.1. The van der Waals surface area contributed by atoms with Crippen molar-refractivity contribution in [3.8, 4) is 0 Å². The van der Waals surface area contributed by atoms with E-state index in [0.717, 1.165) is 0 Å². The number of halogens is 1. The lowest BCUT2D eigenvalue weighted by atomic mass is 10.0. The van der Waals surface area contributed by atoms with Crippen LogP contribution in [0.15, 0.2) is 22.6 Å². The molecule has 1 aromatic carbocycles. The second kappa shape index (κ2) is 4.88. The Hall–Kier alpha value is -1.35. The van der Waals surface area contributed by atoms with Gasteiger partial charge in [-0.3, -0.25) is 0 Å². The molecule has 0 amide bonds. The lowest BCUT2D eigenvalue weighted by molar-refractivity contribution is 0.458. The van der Waals surface area contributed by atoms with E-state index in [2.05, 4.69) is 42.2 Å². The van der Waals surface area contributed by atoms with Gasteiger partial charge in [-0.25, -0.2) is 0 Å². The Morgan fingerprint density at radius 3 is 2.71 bits per heavy atom. The zero-order valence-corrected chi connectivity index (χ0v) is 11.0. The van der Waals surface area contributed by atoms with E-state index in [1.807, 2.05) is 6.92 Å². The smallest absolute Gasteiger partial charge is 0.234 e. The fraction of sp³-hybridized carbons (Fsp3) is 0.385. The quantitative estimate of drug-likeness (QED) is 0.782. The second-order valence-electron chi connectivity index (χ2n) is 4.26. The lowest BCUT2D eigenvalue weighted by Crippen LogP contribution is -1.93. The Labute approximate surface area is 106 Å². The molecule has 0 fully saturated rings. The molecule has 0 saturated heterocycles. The van der Waals surface area contributed by atoms with E-state index in [1.165, 1.54) is 16.7 Å². The van der Waals surface area contributed by atoms with Crippen LogP contribution in [0.1, 0.15) is 40.8 Å². The van der Waals surface area contributed by atoms with Gasteiger partial charge in [0.1, 0.15) is 5.38 Å². The van der Waals surface area contributed by atoms with Crippen LogP contribution in [-0.4, -0.2) is 10.2 Å². The topological polar surface area (TPSA) is 38.9 Å². The van der Waals surface area contributed by atoms with E-state index in [-0.39, 0.29) is 5.38 Å². The molecule has 17 heavy (non-hydrogen) atoms. The molecule has 2 aromatic rings. The minimum atomic E-state index is -0.241. The van der Waals surface area contributed by atoms with E-state index in [4.69, 9.17) is 16.0 Å². The minimum absolute atomic E-state index is 0.241. The van der Waals surface area contributed by atoms with Crippen LogP contribution in [0.3, 0.4) is 0 Å². The first-order chi connectivity index (χ1) is 8.06. The van der Waals surface area contributed by atoms with Crippen LogP contribution in [0.5, 0.6) is 0 Å². The molecular formula is C13H15ClN2O. The molecule has 0 aliphatic carbocycles. The van der Waals surface area contributed by atoms with Crippen molar-refractivity contribution in [3.05, 3.63) is 46.7 Å². The number of nitrogens with zero attached hydrogens (tertiary/aromatic N) is 2. The van der Waals surface area contributed by atoms with Crippen LogP contribution in [0.25, 0.3) is 0 Å². The van der Waals surface area contributed by atoms with Crippen molar-refractivity contribution in [1.29, 1.82) is 0 Å². The maximum atomic E-state index is 5.88. The summed E-state index contributed by atoms with van der Waals surface area (Å²) in [6.45, 7) is 5.97. The third-order valence-electron chi connectivity index (χ3n) is 2.67. The van der Waals surface area contributed by atoms with Gasteiger partial charge in [-0.05, 0) is 31.9 Å². The molecule has 0 aliphatic rings. The van der Waals surface area contributed by atoms with Crippen LogP contribution in [0.2, 0.25) is 0 Å². The van der Waals surface area contributed by atoms with E-state index in [0.29, 0.717) is 18.2 Å². The summed E-state index contributed by atoms with van der Waals surface area (Å²) in [5.74, 6) is 1.09. The molecule has 0 N–H and O–H groups in total. The van der Waals surface area contributed by atoms with Gasteiger partial charge in [0.15, 0.2) is 0 Å². The number of hydrogen-bond donors (Lipinski definition) is 0. The number of benzene rings is 1. The molecule has 2 rings (SSSR count). The summed E-state index contributed by atoms with van der Waals surface area (Å²) in [5, 5.41) is 7.68. The average molecular weight is 251 g/mol. The van der Waals surface area contributed by atoms with Crippen molar-refractivity contribution in [3.63, 3.8) is 0 Å². The van der Waals surface area contributed by atoms with Gasteiger partial charge in [0.05, 0.1) is 6.42 Å². The summed E-state index contributed by atoms with van der Waals surface area (Å²) < 4.78 is 5.49. The summed E-state index contributed by atoms with van der Waals surface area (Å²) in [6.07, 6.45) is 0.657. The Morgan fingerprint density at radius 1 is 1.29 bits per heavy atom. The fourth-order valence-electron chi connectivity index (χ4n) is 1.65. The lowest BCUT2D eigenvalue weighted by Gasteiger charge is -2.04. The average Bonchev–Trinajstić information content (AvgIpc) is 2.72. The molecule has 0 bridgehead atoms. The predicted octanol–water partition coefficient (Wildman–Crippen LogP) is 3.58. The van der Waals surface area contributed by atoms with Gasteiger partial charge in [0.2, 0.25) is 11.8 Å². The van der Waals surface area contributed by atoms with Crippen LogP contribution in [0.4, 0.5) is 0 Å². The van der Waals surface area contributed by atoms with Gasteiger partial charge >= 0.3 is 0 Å². The Bertz CT molecular complexity index is 520. The molecule has 0 radical (unpaired) electrons. The molecule has 0 spiro atoms. The van der Waals surface area contributed by atoms with E-state index >= 15 is 0 Å². The van der Waals surface area contributed by atoms with Crippen molar-refractivity contribution in [1.82, 2.24) is 10.2 Å². The molecule has 3 nitrogen and oxygen atoms in total. The molecule has 1 heterocycles. The van der Waals surface area contributed by atoms with Gasteiger partial charge in [-0.15, -0.1) is 21.8 Å². The van der Waals surface area contributed by atoms with Crippen LogP contribution < -0.4 is 0 Å². The highest BCUT2D eigenvalue weighted by Crippen LogP contribution is 2.20. The van der Waals surface area contributed by atoms with Crippen LogP contribution in [0, 0.1) is 13.8 Å². The minimum Gasteiger partial charge on any atom is -0.423 e. The highest BCUT2D eigenvalue weighted by molar-refractivity contribution is 6.20. The molecule has 4 heteroatoms. The van der Waals surface area contributed by atoms with Crippen LogP contribution >= 0.6 is 11.6 Å². The maximum Gasteiger partial charge on any atom is 0.234 e. The molecule has 1 unspecified atom stereocenters. The van der Waals surface area contributed by atoms with E-state index in [1.54, 1.807) is 0 Å². The van der Waals surface area contributed by atoms with Gasteiger partial charge in [-0.1, -0.05) is 23.8 Å². The van der Waals surface area contributed by atoms with Gasteiger partial charge < -0.3 is 4.42 Å². The Kier molecular flexibility index (Phi) is 3.48. The predicted molar refractivity (Wildman–Crippen MR) is 67.3 cm³/mol. The van der Waals surface area contributed by atoms with E-state index < -0.39 is 0 Å². The summed E-state index contributed by atoms with van der Waals surface area (Å²) in [5.41, 5.74) is 3.67. The van der Waals surface area contributed by atoms with Crippen molar-refractivity contribution in [2.24, 2.45) is 0 Å². The highest BCUT2D eigenvalue weighted by Gasteiger charge is 2.12. The SMILES string of the molecule is Cc1ccc(C)c(Cc2nnc(C(C)Cl)o2)c1. The first-order valence-electron chi connectivity index (χ1n) is 5.58. The van der Waals surface area contributed by atoms with Crippen molar-refractivity contribution in [2.45, 2.75) is 32.6 Å². The third kappa shape index (κ3) is 2.86. The first-order valence-corrected chi connectivity index (χ1v) is 6.02. The van der Waals surface area contributed by atoms with E-state index in [9.17, 15) is 0 Å². The zero-order chi connectivity index (χ0) is 12.4. The van der Waals surface area contributed by atoms with Crippen molar-refractivity contribution in [2.75, 3.05) is 0 Å². The number of aryl methyl sites for hydroxylation is 2. The van der Waals surface area contributed by atoms with Gasteiger partial charge in [0.25, 0.3) is 0 Å². The third-order valence-corrected chi connectivity index (χ3v) is 2.86. The van der Waals surface area contributed by atoms with Gasteiger partial charge in [0, 0.05) is 0 Å². The number of alkyl halides is 1. The summed E-state index contributed by atoms with van der Waals surface area (Å²) >= 11 is 5.88. The number of rotatable bonds is 3. The number of hydrogen-bond acceptors (Lipinski definition) is 3. The normalized spacial score (nSPS) is 12.7. The standard InChI is InChI=1S/C13H15ClN2O/c1-8-4-5-9(2)11(6-8)7-12-15-16-13(17-12)10(3)14/h4-6,10H,7H2,1-3H3. The second-order valence-corrected chi connectivity index (χ2v) is 4.91. The summed E-state index contributed by atoms with van der Waals surface area (Å²) in [4.78, 5) is 0. The molecule has 90 valence electrons. The monoisotopic (exact) mass is 250 g/mol. The molecule has 0 saturated carbocycles. The van der Waals surface area contributed by atoms with Crippen LogP contribution in [-0.2, 0) is 6.42 Å². The van der Waals surface area contributed by atoms with Crippen molar-refractivity contribution < 1.29 is 4.42 Å². The summed E-state index contributed by atoms with van der Waals surface area (Å²) in [7, 11) is 0.